The number of aromatic nitrogens is 3. The van der Waals surface area contributed by atoms with Crippen LogP contribution < -0.4 is 9.47 Å². The lowest BCUT2D eigenvalue weighted by Crippen LogP contribution is -2.28. The van der Waals surface area contributed by atoms with Crippen LogP contribution in [0.4, 0.5) is 0 Å². The van der Waals surface area contributed by atoms with E-state index < -0.39 is 0 Å². The molecule has 4 rings (SSSR count). The molecule has 32 heavy (non-hydrogen) atoms. The van der Waals surface area contributed by atoms with E-state index in [2.05, 4.69) is 15.6 Å². The number of carbonyl (C=O) groups excluding carboxylic acids is 1. The summed E-state index contributed by atoms with van der Waals surface area (Å²) in [5.74, 6) is 2.37. The molecule has 1 amide bonds. The quantitative estimate of drug-likeness (QED) is 0.373. The standard InChI is InChI=1S/C25H26N4O3/c1-28(25(30)19-7-5-14-26-17-19)18-24-27-22-8-3-4-9-23(22)29(24)15-6-16-32-21-12-10-20(31-2)11-13-21/h3-5,7-14,17H,6,15-16,18H2,1-2H3. The Kier molecular flexibility index (Phi) is 6.65. The minimum Gasteiger partial charge on any atom is -0.497 e. The molecule has 7 nitrogen and oxygen atoms in total. The van der Waals surface area contributed by atoms with Crippen LogP contribution in [0.15, 0.2) is 73.1 Å². The second kappa shape index (κ2) is 9.96. The third-order valence-corrected chi connectivity index (χ3v) is 5.22. The highest BCUT2D eigenvalue weighted by Crippen LogP contribution is 2.20. The van der Waals surface area contributed by atoms with Gasteiger partial charge in [-0.2, -0.15) is 0 Å². The molecular weight excluding hydrogens is 404 g/mol. The van der Waals surface area contributed by atoms with Gasteiger partial charge in [0, 0.05) is 26.0 Å². The number of benzene rings is 2. The molecule has 2 heterocycles. The SMILES string of the molecule is COc1ccc(OCCCn2c(CN(C)C(=O)c3cccnc3)nc3ccccc32)cc1. The highest BCUT2D eigenvalue weighted by molar-refractivity contribution is 5.93. The van der Waals surface area contributed by atoms with Gasteiger partial charge in [0.25, 0.3) is 5.91 Å². The van der Waals surface area contributed by atoms with Gasteiger partial charge in [-0.15, -0.1) is 0 Å². The van der Waals surface area contributed by atoms with E-state index in [0.29, 0.717) is 18.7 Å². The number of hydrogen-bond donors (Lipinski definition) is 0. The molecule has 4 aromatic rings. The maximum Gasteiger partial charge on any atom is 0.255 e. The Morgan fingerprint density at radius 1 is 1.03 bits per heavy atom. The van der Waals surface area contributed by atoms with Crippen LogP contribution in [-0.4, -0.2) is 46.1 Å². The van der Waals surface area contributed by atoms with Gasteiger partial charge in [0.1, 0.15) is 17.3 Å². The maximum absolute atomic E-state index is 12.8. The lowest BCUT2D eigenvalue weighted by atomic mass is 10.2. The highest BCUT2D eigenvalue weighted by atomic mass is 16.5. The molecule has 0 unspecified atom stereocenters. The first-order valence-electron chi connectivity index (χ1n) is 10.5. The van der Waals surface area contributed by atoms with E-state index in [4.69, 9.17) is 14.5 Å². The van der Waals surface area contributed by atoms with Crippen molar-refractivity contribution in [3.05, 3.63) is 84.4 Å². The number of fused-ring (bicyclic) bond motifs is 1. The van der Waals surface area contributed by atoms with E-state index in [1.165, 1.54) is 0 Å². The lowest BCUT2D eigenvalue weighted by molar-refractivity contribution is 0.0779. The Morgan fingerprint density at radius 2 is 1.81 bits per heavy atom. The van der Waals surface area contributed by atoms with Crippen LogP contribution in [0.2, 0.25) is 0 Å². The van der Waals surface area contributed by atoms with Crippen molar-refractivity contribution in [1.29, 1.82) is 0 Å². The van der Waals surface area contributed by atoms with E-state index in [1.807, 2.05) is 42.5 Å². The van der Waals surface area contributed by atoms with Gasteiger partial charge in [-0.1, -0.05) is 12.1 Å². The molecular formula is C25H26N4O3. The first kappa shape index (κ1) is 21.4. The number of carbonyl (C=O) groups is 1. The average Bonchev–Trinajstić information content (AvgIpc) is 3.19. The third kappa shape index (κ3) is 4.88. The van der Waals surface area contributed by atoms with Crippen molar-refractivity contribution in [3.63, 3.8) is 0 Å². The Balaban J connectivity index is 1.44. The van der Waals surface area contributed by atoms with Crippen LogP contribution >= 0.6 is 0 Å². The molecule has 0 aliphatic heterocycles. The molecule has 2 aromatic carbocycles. The molecule has 0 N–H and O–H groups in total. The Labute approximate surface area is 187 Å². The van der Waals surface area contributed by atoms with Crippen molar-refractivity contribution in [3.8, 4) is 11.5 Å². The minimum atomic E-state index is -0.0838. The monoisotopic (exact) mass is 430 g/mol. The smallest absolute Gasteiger partial charge is 0.255 e. The number of rotatable bonds is 9. The van der Waals surface area contributed by atoms with Crippen LogP contribution in [0.1, 0.15) is 22.6 Å². The number of amides is 1. The van der Waals surface area contributed by atoms with Gasteiger partial charge < -0.3 is 18.9 Å². The first-order chi connectivity index (χ1) is 15.7. The van der Waals surface area contributed by atoms with Gasteiger partial charge in [0.2, 0.25) is 0 Å². The number of pyridine rings is 1. The molecule has 0 saturated carbocycles. The van der Waals surface area contributed by atoms with Crippen LogP contribution in [0, 0.1) is 0 Å². The van der Waals surface area contributed by atoms with Crippen molar-refractivity contribution in [2.75, 3.05) is 20.8 Å². The molecule has 0 radical (unpaired) electrons. The second-order valence-electron chi connectivity index (χ2n) is 7.45. The summed E-state index contributed by atoms with van der Waals surface area (Å²) < 4.78 is 13.2. The van der Waals surface area contributed by atoms with Crippen molar-refractivity contribution in [2.45, 2.75) is 19.5 Å². The molecule has 0 aliphatic carbocycles. The van der Waals surface area contributed by atoms with Gasteiger partial charge in [-0.25, -0.2) is 4.98 Å². The van der Waals surface area contributed by atoms with Crippen molar-refractivity contribution in [1.82, 2.24) is 19.4 Å². The predicted octanol–water partition coefficient (Wildman–Crippen LogP) is 4.18. The molecule has 2 aromatic heterocycles. The second-order valence-corrected chi connectivity index (χ2v) is 7.45. The Bertz CT molecular complexity index is 1170. The summed E-state index contributed by atoms with van der Waals surface area (Å²) >= 11 is 0. The fourth-order valence-electron chi connectivity index (χ4n) is 3.57. The molecule has 0 fully saturated rings. The van der Waals surface area contributed by atoms with Crippen molar-refractivity contribution >= 4 is 16.9 Å². The van der Waals surface area contributed by atoms with Gasteiger partial charge in [0.05, 0.1) is 36.9 Å². The van der Waals surface area contributed by atoms with Gasteiger partial charge in [-0.05, 0) is 55.0 Å². The van der Waals surface area contributed by atoms with E-state index in [-0.39, 0.29) is 5.91 Å². The fourth-order valence-corrected chi connectivity index (χ4v) is 3.57. The van der Waals surface area contributed by atoms with Gasteiger partial charge in [-0.3, -0.25) is 9.78 Å². The summed E-state index contributed by atoms with van der Waals surface area (Å²) in [5, 5.41) is 0. The summed E-state index contributed by atoms with van der Waals surface area (Å²) in [6.45, 7) is 1.71. The van der Waals surface area contributed by atoms with Crippen molar-refractivity contribution < 1.29 is 14.3 Å². The van der Waals surface area contributed by atoms with Crippen LogP contribution in [0.3, 0.4) is 0 Å². The van der Waals surface area contributed by atoms with Crippen LogP contribution in [-0.2, 0) is 13.1 Å². The largest absolute Gasteiger partial charge is 0.497 e. The number of aryl methyl sites for hydroxylation is 1. The lowest BCUT2D eigenvalue weighted by Gasteiger charge is -2.18. The van der Waals surface area contributed by atoms with Crippen LogP contribution in [0.25, 0.3) is 11.0 Å². The summed E-state index contributed by atoms with van der Waals surface area (Å²) in [6.07, 6.45) is 4.04. The zero-order valence-corrected chi connectivity index (χ0v) is 18.3. The molecule has 0 atom stereocenters. The third-order valence-electron chi connectivity index (χ3n) is 5.22. The first-order valence-corrected chi connectivity index (χ1v) is 10.5. The number of imidazole rings is 1. The van der Waals surface area contributed by atoms with E-state index in [9.17, 15) is 4.79 Å². The summed E-state index contributed by atoms with van der Waals surface area (Å²) in [5.41, 5.74) is 2.53. The van der Waals surface area contributed by atoms with Gasteiger partial charge >= 0.3 is 0 Å². The molecule has 0 aliphatic rings. The number of para-hydroxylation sites is 2. The number of hydrogen-bond acceptors (Lipinski definition) is 5. The number of methoxy groups -OCH3 is 1. The summed E-state index contributed by atoms with van der Waals surface area (Å²) in [4.78, 5) is 23.3. The van der Waals surface area contributed by atoms with Gasteiger partial charge in [0.15, 0.2) is 0 Å². The van der Waals surface area contributed by atoms with Crippen LogP contribution in [0.5, 0.6) is 11.5 Å². The maximum atomic E-state index is 12.8. The molecule has 164 valence electrons. The Hall–Kier alpha value is -3.87. The predicted molar refractivity (Wildman–Crippen MR) is 123 cm³/mol. The fraction of sp³-hybridized carbons (Fsp3) is 0.240. The zero-order valence-electron chi connectivity index (χ0n) is 18.3. The van der Waals surface area contributed by atoms with E-state index >= 15 is 0 Å². The number of nitrogens with zero attached hydrogens (tertiary/aromatic N) is 4. The molecule has 0 bridgehead atoms. The summed E-state index contributed by atoms with van der Waals surface area (Å²) in [6, 6.07) is 19.1. The Morgan fingerprint density at radius 3 is 2.56 bits per heavy atom. The normalized spacial score (nSPS) is 10.8. The number of ether oxygens (including phenoxy) is 2. The topological polar surface area (TPSA) is 69.5 Å². The van der Waals surface area contributed by atoms with E-state index in [1.54, 1.807) is 43.6 Å². The molecule has 0 saturated heterocycles. The summed E-state index contributed by atoms with van der Waals surface area (Å²) in [7, 11) is 3.43. The molecule has 7 heteroatoms. The van der Waals surface area contributed by atoms with Crippen molar-refractivity contribution in [2.24, 2.45) is 0 Å². The highest BCUT2D eigenvalue weighted by Gasteiger charge is 2.17. The zero-order chi connectivity index (χ0) is 22.3. The van der Waals surface area contributed by atoms with E-state index in [0.717, 1.165) is 41.3 Å². The minimum absolute atomic E-state index is 0.0838. The molecule has 0 spiro atoms. The average molecular weight is 431 g/mol.